The summed E-state index contributed by atoms with van der Waals surface area (Å²) in [6.45, 7) is 0.579. The minimum Gasteiger partial charge on any atom is -0.293 e. The highest BCUT2D eigenvalue weighted by Crippen LogP contribution is 2.15. The van der Waals surface area contributed by atoms with Crippen molar-refractivity contribution < 1.29 is 0 Å². The summed E-state index contributed by atoms with van der Waals surface area (Å²) in [5.41, 5.74) is 0.720. The van der Waals surface area contributed by atoms with Crippen molar-refractivity contribution in [2.75, 3.05) is 0 Å². The molecule has 0 saturated carbocycles. The van der Waals surface area contributed by atoms with Gasteiger partial charge in [-0.2, -0.15) is 0 Å². The molecule has 2 aromatic heterocycles. The van der Waals surface area contributed by atoms with Crippen LogP contribution >= 0.6 is 27.3 Å². The summed E-state index contributed by atoms with van der Waals surface area (Å²) in [7, 11) is 0. The number of thiophene rings is 1. The zero-order valence-corrected chi connectivity index (χ0v) is 11.7. The van der Waals surface area contributed by atoms with Crippen LogP contribution in [0, 0.1) is 0 Å². The highest BCUT2D eigenvalue weighted by atomic mass is 79.9. The lowest BCUT2D eigenvalue weighted by Gasteiger charge is -2.05. The average Bonchev–Trinajstić information content (AvgIpc) is 2.85. The van der Waals surface area contributed by atoms with Gasteiger partial charge in [-0.05, 0) is 29.6 Å². The Morgan fingerprint density at radius 3 is 3.00 bits per heavy atom. The van der Waals surface area contributed by atoms with Crippen LogP contribution in [0.5, 0.6) is 0 Å². The van der Waals surface area contributed by atoms with E-state index < -0.39 is 0 Å². The first-order chi connectivity index (χ1) is 8.74. The molecule has 0 aliphatic heterocycles. The van der Waals surface area contributed by atoms with Gasteiger partial charge in [0.15, 0.2) is 0 Å². The van der Waals surface area contributed by atoms with Crippen molar-refractivity contribution in [3.8, 4) is 0 Å². The number of hydrogen-bond donors (Lipinski definition) is 0. The summed E-state index contributed by atoms with van der Waals surface area (Å²) in [6.07, 6.45) is 1.61. The normalized spacial score (nSPS) is 10.9. The van der Waals surface area contributed by atoms with E-state index >= 15 is 0 Å². The molecule has 5 heteroatoms. The van der Waals surface area contributed by atoms with Crippen LogP contribution in [0.15, 0.2) is 51.3 Å². The van der Waals surface area contributed by atoms with Gasteiger partial charge in [-0.25, -0.2) is 4.98 Å². The molecule has 0 radical (unpaired) electrons. The minimum atomic E-state index is 0.000833. The fourth-order valence-corrected chi connectivity index (χ4v) is 2.87. The Kier molecular flexibility index (Phi) is 3.01. The molecule has 0 amide bonds. The third-order valence-electron chi connectivity index (χ3n) is 2.69. The second kappa shape index (κ2) is 4.66. The second-order valence-corrected chi connectivity index (χ2v) is 5.87. The maximum atomic E-state index is 12.3. The van der Waals surface area contributed by atoms with E-state index in [1.807, 2.05) is 29.6 Å². The molecular weight excluding hydrogens is 312 g/mol. The molecule has 2 heterocycles. The molecular formula is C13H9BrN2OS. The molecule has 0 fully saturated rings. The Morgan fingerprint density at radius 1 is 1.33 bits per heavy atom. The summed E-state index contributed by atoms with van der Waals surface area (Å²) in [5.74, 6) is 0. The van der Waals surface area contributed by atoms with E-state index in [9.17, 15) is 4.79 Å². The van der Waals surface area contributed by atoms with Gasteiger partial charge in [0.1, 0.15) is 0 Å². The number of halogens is 1. The maximum absolute atomic E-state index is 12.3. The van der Waals surface area contributed by atoms with Crippen LogP contribution in [0.4, 0.5) is 0 Å². The molecule has 90 valence electrons. The van der Waals surface area contributed by atoms with Crippen molar-refractivity contribution in [3.05, 3.63) is 61.7 Å². The minimum absolute atomic E-state index is 0.000833. The highest BCUT2D eigenvalue weighted by Gasteiger charge is 2.05. The molecule has 3 nitrogen and oxygen atoms in total. The topological polar surface area (TPSA) is 34.9 Å². The van der Waals surface area contributed by atoms with E-state index in [2.05, 4.69) is 20.9 Å². The first-order valence-corrected chi connectivity index (χ1v) is 7.08. The first kappa shape index (κ1) is 11.6. The molecule has 0 bridgehead atoms. The molecule has 0 aliphatic rings. The number of fused-ring (bicyclic) bond motifs is 1. The van der Waals surface area contributed by atoms with E-state index in [4.69, 9.17) is 0 Å². The van der Waals surface area contributed by atoms with Crippen LogP contribution in [0.25, 0.3) is 10.9 Å². The predicted molar refractivity (Wildman–Crippen MR) is 77.1 cm³/mol. The SMILES string of the molecule is O=c1c2ccc(Br)cc2ncn1Cc1cccs1. The standard InChI is InChI=1S/C13H9BrN2OS/c14-9-3-4-11-12(6-9)15-8-16(13(11)17)7-10-2-1-5-18-10/h1-6,8H,7H2. The van der Waals surface area contributed by atoms with Crippen LogP contribution in [-0.4, -0.2) is 9.55 Å². The van der Waals surface area contributed by atoms with Crippen LogP contribution in [0.1, 0.15) is 4.88 Å². The molecule has 0 atom stereocenters. The van der Waals surface area contributed by atoms with Crippen LogP contribution in [0.2, 0.25) is 0 Å². The first-order valence-electron chi connectivity index (χ1n) is 5.41. The van der Waals surface area contributed by atoms with Gasteiger partial charge in [-0.15, -0.1) is 11.3 Å². The zero-order chi connectivity index (χ0) is 12.5. The van der Waals surface area contributed by atoms with E-state index in [1.165, 1.54) is 0 Å². The van der Waals surface area contributed by atoms with Crippen LogP contribution < -0.4 is 5.56 Å². The van der Waals surface area contributed by atoms with E-state index in [0.717, 1.165) is 14.9 Å². The number of benzene rings is 1. The van der Waals surface area contributed by atoms with Gasteiger partial charge in [-0.1, -0.05) is 22.0 Å². The van der Waals surface area contributed by atoms with Gasteiger partial charge >= 0.3 is 0 Å². The lowest BCUT2D eigenvalue weighted by molar-refractivity contribution is 0.758. The molecule has 0 unspecified atom stereocenters. The van der Waals surface area contributed by atoms with E-state index in [-0.39, 0.29) is 5.56 Å². The third-order valence-corrected chi connectivity index (χ3v) is 4.05. The van der Waals surface area contributed by atoms with Crippen LogP contribution in [-0.2, 0) is 6.54 Å². The Morgan fingerprint density at radius 2 is 2.22 bits per heavy atom. The lowest BCUT2D eigenvalue weighted by atomic mass is 10.2. The van der Waals surface area contributed by atoms with Crippen molar-refractivity contribution in [2.24, 2.45) is 0 Å². The van der Waals surface area contributed by atoms with Crippen molar-refractivity contribution >= 4 is 38.2 Å². The zero-order valence-electron chi connectivity index (χ0n) is 9.34. The van der Waals surface area contributed by atoms with Gasteiger partial charge < -0.3 is 0 Å². The Balaban J connectivity index is 2.12. The van der Waals surface area contributed by atoms with Crippen molar-refractivity contribution in [3.63, 3.8) is 0 Å². The average molecular weight is 321 g/mol. The molecule has 18 heavy (non-hydrogen) atoms. The summed E-state index contributed by atoms with van der Waals surface area (Å²) in [6, 6.07) is 9.52. The molecule has 0 saturated heterocycles. The molecule has 0 N–H and O–H groups in total. The Labute approximate surface area is 116 Å². The smallest absolute Gasteiger partial charge is 0.261 e. The summed E-state index contributed by atoms with van der Waals surface area (Å²) < 4.78 is 2.57. The number of aromatic nitrogens is 2. The third kappa shape index (κ3) is 2.11. The van der Waals surface area contributed by atoms with Crippen molar-refractivity contribution in [2.45, 2.75) is 6.54 Å². The number of hydrogen-bond acceptors (Lipinski definition) is 3. The fourth-order valence-electron chi connectivity index (χ4n) is 1.81. The van der Waals surface area contributed by atoms with Crippen molar-refractivity contribution in [1.29, 1.82) is 0 Å². The monoisotopic (exact) mass is 320 g/mol. The van der Waals surface area contributed by atoms with Gasteiger partial charge in [0, 0.05) is 9.35 Å². The van der Waals surface area contributed by atoms with Gasteiger partial charge in [0.25, 0.3) is 5.56 Å². The molecule has 3 rings (SSSR count). The molecule has 0 spiro atoms. The summed E-state index contributed by atoms with van der Waals surface area (Å²) in [4.78, 5) is 17.7. The lowest BCUT2D eigenvalue weighted by Crippen LogP contribution is -2.20. The Bertz CT molecular complexity index is 749. The summed E-state index contributed by atoms with van der Waals surface area (Å²) in [5, 5.41) is 2.66. The summed E-state index contributed by atoms with van der Waals surface area (Å²) >= 11 is 5.02. The number of rotatable bonds is 2. The largest absolute Gasteiger partial charge is 0.293 e. The maximum Gasteiger partial charge on any atom is 0.261 e. The van der Waals surface area contributed by atoms with Crippen LogP contribution in [0.3, 0.4) is 0 Å². The Hall–Kier alpha value is -1.46. The number of nitrogens with zero attached hydrogens (tertiary/aromatic N) is 2. The van der Waals surface area contributed by atoms with Gasteiger partial charge in [0.05, 0.1) is 23.8 Å². The molecule has 0 aliphatic carbocycles. The quantitative estimate of drug-likeness (QED) is 0.726. The van der Waals surface area contributed by atoms with E-state index in [1.54, 1.807) is 28.3 Å². The fraction of sp³-hybridized carbons (Fsp3) is 0.0769. The molecule has 1 aromatic carbocycles. The van der Waals surface area contributed by atoms with Gasteiger partial charge in [0.2, 0.25) is 0 Å². The predicted octanol–water partition coefficient (Wildman–Crippen LogP) is 3.27. The molecule has 3 aromatic rings. The van der Waals surface area contributed by atoms with E-state index in [0.29, 0.717) is 11.9 Å². The van der Waals surface area contributed by atoms with Crippen molar-refractivity contribution in [1.82, 2.24) is 9.55 Å². The van der Waals surface area contributed by atoms with Gasteiger partial charge in [-0.3, -0.25) is 9.36 Å². The second-order valence-electron chi connectivity index (χ2n) is 3.92. The highest BCUT2D eigenvalue weighted by molar-refractivity contribution is 9.10.